The van der Waals surface area contributed by atoms with E-state index >= 15 is 0 Å². The van der Waals surface area contributed by atoms with Crippen LogP contribution in [0.4, 0.5) is 11.6 Å². The summed E-state index contributed by atoms with van der Waals surface area (Å²) >= 11 is 0. The van der Waals surface area contributed by atoms with Crippen molar-refractivity contribution in [3.63, 3.8) is 0 Å². The van der Waals surface area contributed by atoms with E-state index in [4.69, 9.17) is 4.74 Å². The molecule has 29 heavy (non-hydrogen) atoms. The standard InChI is InChI=1S/C23H26N4O2/c1-15(2)18-10-6-7-11-19(18)26-23-25-16(3)13-20(27-23)22(28)24-14-17-9-5-8-12-21(17)29-4/h5-13,15H,14H2,1-4H3,(H,24,28)(H,25,26,27). The molecule has 0 saturated heterocycles. The quantitative estimate of drug-likeness (QED) is 0.617. The average Bonchev–Trinajstić information content (AvgIpc) is 2.72. The fraction of sp³-hybridized carbons (Fsp3) is 0.261. The zero-order chi connectivity index (χ0) is 20.8. The third-order valence-corrected chi connectivity index (χ3v) is 4.55. The number of nitrogens with one attached hydrogen (secondary N) is 2. The molecule has 0 atom stereocenters. The highest BCUT2D eigenvalue weighted by molar-refractivity contribution is 5.92. The number of para-hydroxylation sites is 2. The van der Waals surface area contributed by atoms with E-state index in [-0.39, 0.29) is 5.91 Å². The number of aryl methyl sites for hydroxylation is 1. The molecule has 2 N–H and O–H groups in total. The van der Waals surface area contributed by atoms with Gasteiger partial charge in [-0.15, -0.1) is 0 Å². The Kier molecular flexibility index (Phi) is 6.44. The molecule has 1 amide bonds. The second kappa shape index (κ2) is 9.19. The van der Waals surface area contributed by atoms with Gasteiger partial charge in [-0.05, 0) is 36.6 Å². The van der Waals surface area contributed by atoms with Crippen LogP contribution in [0, 0.1) is 6.92 Å². The number of anilines is 2. The Hall–Kier alpha value is -3.41. The number of hydrogen-bond acceptors (Lipinski definition) is 5. The van der Waals surface area contributed by atoms with Gasteiger partial charge < -0.3 is 15.4 Å². The van der Waals surface area contributed by atoms with Gasteiger partial charge in [0, 0.05) is 23.5 Å². The first-order chi connectivity index (χ1) is 14.0. The summed E-state index contributed by atoms with van der Waals surface area (Å²) in [4.78, 5) is 21.5. The van der Waals surface area contributed by atoms with Gasteiger partial charge in [0.15, 0.2) is 0 Å². The maximum Gasteiger partial charge on any atom is 0.270 e. The minimum absolute atomic E-state index is 0.262. The first kappa shape index (κ1) is 20.3. The van der Waals surface area contributed by atoms with Crippen molar-refractivity contribution in [2.75, 3.05) is 12.4 Å². The maximum absolute atomic E-state index is 12.7. The molecule has 0 fully saturated rings. The van der Waals surface area contributed by atoms with Crippen molar-refractivity contribution < 1.29 is 9.53 Å². The number of ether oxygens (including phenoxy) is 1. The molecule has 0 unspecified atom stereocenters. The Morgan fingerprint density at radius 2 is 1.79 bits per heavy atom. The van der Waals surface area contributed by atoms with E-state index in [1.807, 2.05) is 49.4 Å². The van der Waals surface area contributed by atoms with Crippen LogP contribution in [0.1, 0.15) is 47.1 Å². The van der Waals surface area contributed by atoms with Crippen LogP contribution in [0.15, 0.2) is 54.6 Å². The van der Waals surface area contributed by atoms with Crippen molar-refractivity contribution in [3.8, 4) is 5.75 Å². The summed E-state index contributed by atoms with van der Waals surface area (Å²) in [7, 11) is 1.61. The highest BCUT2D eigenvalue weighted by atomic mass is 16.5. The summed E-state index contributed by atoms with van der Waals surface area (Å²) in [5.74, 6) is 1.23. The number of nitrogens with zero attached hydrogens (tertiary/aromatic N) is 2. The van der Waals surface area contributed by atoms with Gasteiger partial charge in [-0.25, -0.2) is 9.97 Å². The van der Waals surface area contributed by atoms with Crippen LogP contribution in [0.25, 0.3) is 0 Å². The number of rotatable bonds is 7. The highest BCUT2D eigenvalue weighted by Crippen LogP contribution is 2.26. The lowest BCUT2D eigenvalue weighted by atomic mass is 10.0. The Balaban J connectivity index is 1.77. The summed E-state index contributed by atoms with van der Waals surface area (Å²) in [6.07, 6.45) is 0. The molecule has 6 nitrogen and oxygen atoms in total. The number of methoxy groups -OCH3 is 1. The van der Waals surface area contributed by atoms with Gasteiger partial charge >= 0.3 is 0 Å². The fourth-order valence-electron chi connectivity index (χ4n) is 3.09. The SMILES string of the molecule is COc1ccccc1CNC(=O)c1cc(C)nc(Nc2ccccc2C(C)C)n1. The predicted molar refractivity (Wildman–Crippen MR) is 115 cm³/mol. The lowest BCUT2D eigenvalue weighted by Gasteiger charge is -2.14. The van der Waals surface area contributed by atoms with E-state index in [0.717, 1.165) is 17.0 Å². The molecule has 2 aromatic carbocycles. The van der Waals surface area contributed by atoms with Crippen LogP contribution in [0.2, 0.25) is 0 Å². The minimum Gasteiger partial charge on any atom is -0.496 e. The lowest BCUT2D eigenvalue weighted by Crippen LogP contribution is -2.24. The first-order valence-corrected chi connectivity index (χ1v) is 9.59. The Bertz CT molecular complexity index is 1000. The van der Waals surface area contributed by atoms with Gasteiger partial charge in [-0.2, -0.15) is 0 Å². The number of aromatic nitrogens is 2. The molecule has 0 aliphatic rings. The average molecular weight is 390 g/mol. The zero-order valence-corrected chi connectivity index (χ0v) is 17.2. The van der Waals surface area contributed by atoms with Crippen LogP contribution in [0.3, 0.4) is 0 Å². The van der Waals surface area contributed by atoms with Crippen molar-refractivity contribution in [1.29, 1.82) is 0 Å². The van der Waals surface area contributed by atoms with E-state index in [2.05, 4.69) is 40.5 Å². The number of carbonyl (C=O) groups excluding carboxylic acids is 1. The van der Waals surface area contributed by atoms with Crippen LogP contribution in [-0.4, -0.2) is 23.0 Å². The molecule has 1 heterocycles. The lowest BCUT2D eigenvalue weighted by molar-refractivity contribution is 0.0945. The normalized spacial score (nSPS) is 10.7. The molecule has 0 aliphatic heterocycles. The molecule has 0 radical (unpaired) electrons. The second-order valence-corrected chi connectivity index (χ2v) is 7.08. The Morgan fingerprint density at radius 3 is 2.55 bits per heavy atom. The number of hydrogen-bond donors (Lipinski definition) is 2. The summed E-state index contributed by atoms with van der Waals surface area (Å²) in [5, 5.41) is 6.16. The number of carbonyl (C=O) groups is 1. The third kappa shape index (κ3) is 5.10. The second-order valence-electron chi connectivity index (χ2n) is 7.08. The molecule has 6 heteroatoms. The number of benzene rings is 2. The van der Waals surface area contributed by atoms with E-state index in [0.29, 0.717) is 29.8 Å². The van der Waals surface area contributed by atoms with Crippen LogP contribution >= 0.6 is 0 Å². The molecule has 0 aliphatic carbocycles. The van der Waals surface area contributed by atoms with Gasteiger partial charge in [-0.3, -0.25) is 4.79 Å². The fourth-order valence-corrected chi connectivity index (χ4v) is 3.09. The summed E-state index contributed by atoms with van der Waals surface area (Å²) in [6, 6.07) is 17.3. The van der Waals surface area contributed by atoms with E-state index < -0.39 is 0 Å². The molecule has 1 aromatic heterocycles. The highest BCUT2D eigenvalue weighted by Gasteiger charge is 2.13. The van der Waals surface area contributed by atoms with E-state index in [1.165, 1.54) is 5.56 Å². The Morgan fingerprint density at radius 1 is 1.07 bits per heavy atom. The molecule has 0 spiro atoms. The van der Waals surface area contributed by atoms with Crippen LogP contribution in [-0.2, 0) is 6.54 Å². The van der Waals surface area contributed by atoms with Gasteiger partial charge in [0.05, 0.1) is 7.11 Å². The van der Waals surface area contributed by atoms with Crippen LogP contribution in [0.5, 0.6) is 5.75 Å². The van der Waals surface area contributed by atoms with Crippen molar-refractivity contribution in [2.45, 2.75) is 33.2 Å². The van der Waals surface area contributed by atoms with E-state index in [1.54, 1.807) is 13.2 Å². The van der Waals surface area contributed by atoms with Gasteiger partial charge in [0.1, 0.15) is 11.4 Å². The topological polar surface area (TPSA) is 76.1 Å². The van der Waals surface area contributed by atoms with Crippen molar-refractivity contribution in [1.82, 2.24) is 15.3 Å². The van der Waals surface area contributed by atoms with Crippen molar-refractivity contribution in [3.05, 3.63) is 77.1 Å². The maximum atomic E-state index is 12.7. The third-order valence-electron chi connectivity index (χ3n) is 4.55. The van der Waals surface area contributed by atoms with Crippen molar-refractivity contribution >= 4 is 17.5 Å². The molecular formula is C23H26N4O2. The summed E-state index contributed by atoms with van der Waals surface area (Å²) in [5.41, 5.74) is 4.04. The Labute approximate surface area is 171 Å². The zero-order valence-electron chi connectivity index (χ0n) is 17.2. The van der Waals surface area contributed by atoms with Gasteiger partial charge in [0.25, 0.3) is 5.91 Å². The summed E-state index contributed by atoms with van der Waals surface area (Å²) < 4.78 is 5.33. The largest absolute Gasteiger partial charge is 0.496 e. The molecule has 3 aromatic rings. The molecule has 0 saturated carbocycles. The van der Waals surface area contributed by atoms with Gasteiger partial charge in [0.2, 0.25) is 5.95 Å². The summed E-state index contributed by atoms with van der Waals surface area (Å²) in [6.45, 7) is 6.46. The molecule has 150 valence electrons. The van der Waals surface area contributed by atoms with E-state index in [9.17, 15) is 4.79 Å². The monoisotopic (exact) mass is 390 g/mol. The molecular weight excluding hydrogens is 364 g/mol. The molecule has 3 rings (SSSR count). The number of amides is 1. The first-order valence-electron chi connectivity index (χ1n) is 9.59. The predicted octanol–water partition coefficient (Wildman–Crippen LogP) is 4.59. The van der Waals surface area contributed by atoms with Gasteiger partial charge in [-0.1, -0.05) is 50.2 Å². The smallest absolute Gasteiger partial charge is 0.270 e. The van der Waals surface area contributed by atoms with Crippen molar-refractivity contribution in [2.24, 2.45) is 0 Å². The molecule has 0 bridgehead atoms. The van der Waals surface area contributed by atoms with Crippen LogP contribution < -0.4 is 15.4 Å². The minimum atomic E-state index is -0.262.